The van der Waals surface area contributed by atoms with Gasteiger partial charge in [-0.1, -0.05) is 24.6 Å². The van der Waals surface area contributed by atoms with Crippen molar-refractivity contribution >= 4 is 11.6 Å². The molecule has 132 valence electrons. The average molecular weight is 332 g/mol. The van der Waals surface area contributed by atoms with Crippen molar-refractivity contribution in [1.29, 1.82) is 0 Å². The molecule has 24 heavy (non-hydrogen) atoms. The number of nitrogens with zero attached hydrogens (tertiary/aromatic N) is 1. The summed E-state index contributed by atoms with van der Waals surface area (Å²) in [4.78, 5) is 18.3. The van der Waals surface area contributed by atoms with Crippen molar-refractivity contribution in [1.82, 2.24) is 0 Å². The van der Waals surface area contributed by atoms with Crippen molar-refractivity contribution in [3.05, 3.63) is 29.3 Å². The lowest BCUT2D eigenvalue weighted by Crippen LogP contribution is -3.27. The number of aryl methyl sites for hydroxylation is 1. The second kappa shape index (κ2) is 6.49. The maximum absolute atomic E-state index is 13.2. The summed E-state index contributed by atoms with van der Waals surface area (Å²) in [5.41, 5.74) is 3.63. The van der Waals surface area contributed by atoms with Crippen molar-refractivity contribution in [2.24, 2.45) is 0 Å². The number of carbonyl (C=O) groups excluding carboxylic acids is 1. The number of nitrogens with one attached hydrogen (secondary N) is 2. The van der Waals surface area contributed by atoms with Gasteiger partial charge in [0.05, 0.1) is 7.05 Å². The minimum atomic E-state index is -0.115. The first-order valence-electron chi connectivity index (χ1n) is 9.36. The van der Waals surface area contributed by atoms with E-state index in [-0.39, 0.29) is 11.4 Å². The Hall–Kier alpha value is -1.39. The highest BCUT2D eigenvalue weighted by Gasteiger charge is 2.41. The first-order chi connectivity index (χ1) is 11.3. The van der Waals surface area contributed by atoms with Gasteiger partial charge in [-0.05, 0) is 44.7 Å². The van der Waals surface area contributed by atoms with Gasteiger partial charge in [0, 0.05) is 11.2 Å². The molecule has 0 unspecified atom stereocenters. The van der Waals surface area contributed by atoms with Crippen molar-refractivity contribution in [2.75, 3.05) is 44.7 Å². The zero-order valence-electron chi connectivity index (χ0n) is 15.9. The van der Waals surface area contributed by atoms with Gasteiger partial charge in [0.15, 0.2) is 6.54 Å². The fraction of sp³-hybridized carbons (Fsp3) is 0.650. The van der Waals surface area contributed by atoms with Crippen molar-refractivity contribution in [3.8, 4) is 0 Å². The molecule has 1 atom stereocenters. The van der Waals surface area contributed by atoms with Crippen LogP contribution >= 0.6 is 0 Å². The van der Waals surface area contributed by atoms with Gasteiger partial charge in [0.2, 0.25) is 0 Å². The quantitative estimate of drug-likeness (QED) is 0.787. The van der Waals surface area contributed by atoms with E-state index in [0.717, 1.165) is 25.2 Å². The Morgan fingerprint density at radius 2 is 1.92 bits per heavy atom. The van der Waals surface area contributed by atoms with Crippen LogP contribution in [-0.2, 0) is 4.79 Å². The summed E-state index contributed by atoms with van der Waals surface area (Å²) in [6, 6.07) is 6.56. The van der Waals surface area contributed by atoms with Gasteiger partial charge in [-0.15, -0.1) is 0 Å². The molecular weight excluding hydrogens is 298 g/mol. The molecule has 2 N–H and O–H groups in total. The van der Waals surface area contributed by atoms with E-state index < -0.39 is 0 Å². The summed E-state index contributed by atoms with van der Waals surface area (Å²) in [6.45, 7) is 14.0. The summed E-state index contributed by atoms with van der Waals surface area (Å²) in [5, 5.41) is 0. The van der Waals surface area contributed by atoms with Crippen LogP contribution in [0, 0.1) is 6.92 Å². The Morgan fingerprint density at radius 3 is 2.58 bits per heavy atom. The second-order valence-corrected chi connectivity index (χ2v) is 8.59. The first-order valence-corrected chi connectivity index (χ1v) is 9.36. The maximum Gasteiger partial charge on any atom is 0.282 e. The Labute approximate surface area is 146 Å². The summed E-state index contributed by atoms with van der Waals surface area (Å²) in [5.74, 6) is 0.782. The van der Waals surface area contributed by atoms with Gasteiger partial charge >= 0.3 is 0 Å². The normalized spacial score (nSPS) is 29.2. The predicted octanol–water partition coefficient (Wildman–Crippen LogP) is 0.0270. The lowest BCUT2D eigenvalue weighted by atomic mass is 9.79. The molecule has 1 saturated heterocycles. The largest absolute Gasteiger partial charge is 0.328 e. The molecule has 2 aliphatic heterocycles. The van der Waals surface area contributed by atoms with Crippen LogP contribution in [-0.4, -0.2) is 51.2 Å². The Balaban J connectivity index is 1.85. The molecule has 2 heterocycles. The Bertz CT molecular complexity index is 617. The third-order valence-corrected chi connectivity index (χ3v) is 5.83. The van der Waals surface area contributed by atoms with Crippen LogP contribution in [0.2, 0.25) is 0 Å². The van der Waals surface area contributed by atoms with Crippen LogP contribution in [0.25, 0.3) is 0 Å². The Kier molecular flexibility index (Phi) is 4.71. The SMILES string of the molecule is Cc1ccc2c(c1)[C@H](C)CC(C)(C)N2C(=O)C[NH+]1CC[NH+](C)CC1. The van der Waals surface area contributed by atoms with Gasteiger partial charge in [0.1, 0.15) is 26.2 Å². The third kappa shape index (κ3) is 3.35. The highest BCUT2D eigenvalue weighted by molar-refractivity contribution is 5.97. The fourth-order valence-corrected chi connectivity index (χ4v) is 4.52. The third-order valence-electron chi connectivity index (χ3n) is 5.83. The minimum absolute atomic E-state index is 0.115. The number of hydrogen-bond donors (Lipinski definition) is 2. The van der Waals surface area contributed by atoms with E-state index in [1.165, 1.54) is 29.1 Å². The van der Waals surface area contributed by atoms with Gasteiger partial charge < -0.3 is 14.7 Å². The molecular formula is C20H33N3O+2. The highest BCUT2D eigenvalue weighted by Crippen LogP contribution is 2.43. The van der Waals surface area contributed by atoms with Crippen LogP contribution in [0.3, 0.4) is 0 Å². The molecule has 1 fully saturated rings. The second-order valence-electron chi connectivity index (χ2n) is 8.59. The van der Waals surface area contributed by atoms with Crippen molar-refractivity contribution in [2.45, 2.75) is 45.6 Å². The molecule has 4 heteroatoms. The zero-order chi connectivity index (χ0) is 17.5. The van der Waals surface area contributed by atoms with Gasteiger partial charge in [-0.3, -0.25) is 4.79 Å². The van der Waals surface area contributed by atoms with Crippen molar-refractivity contribution < 1.29 is 14.6 Å². The fourth-order valence-electron chi connectivity index (χ4n) is 4.52. The van der Waals surface area contributed by atoms with E-state index >= 15 is 0 Å². The molecule has 0 radical (unpaired) electrons. The molecule has 0 aromatic heterocycles. The summed E-state index contributed by atoms with van der Waals surface area (Å²) in [7, 11) is 2.24. The number of benzene rings is 1. The van der Waals surface area contributed by atoms with E-state index in [2.05, 4.69) is 57.8 Å². The number of carbonyl (C=O) groups is 1. The average Bonchev–Trinajstić information content (AvgIpc) is 2.49. The Morgan fingerprint density at radius 1 is 1.25 bits per heavy atom. The summed E-state index contributed by atoms with van der Waals surface area (Å²) >= 11 is 0. The van der Waals surface area contributed by atoms with E-state index in [4.69, 9.17) is 0 Å². The molecule has 3 rings (SSSR count). The van der Waals surface area contributed by atoms with Crippen LogP contribution in [0.5, 0.6) is 0 Å². The van der Waals surface area contributed by atoms with E-state index in [1.807, 2.05) is 0 Å². The van der Waals surface area contributed by atoms with E-state index in [0.29, 0.717) is 12.5 Å². The molecule has 1 aromatic rings. The van der Waals surface area contributed by atoms with E-state index in [1.54, 1.807) is 4.90 Å². The highest BCUT2D eigenvalue weighted by atomic mass is 16.2. The van der Waals surface area contributed by atoms with Crippen LogP contribution in [0.4, 0.5) is 5.69 Å². The van der Waals surface area contributed by atoms with Gasteiger partial charge in [0.25, 0.3) is 5.91 Å². The first kappa shape index (κ1) is 17.4. The standard InChI is InChI=1S/C20H31N3O/c1-15-6-7-18-17(12-15)16(2)13-20(3,4)23(18)19(24)14-22-10-8-21(5)9-11-22/h6-7,12,16H,8-11,13-14H2,1-5H3/p+2/t16-/m1/s1. The number of amides is 1. The number of piperazine rings is 1. The van der Waals surface area contributed by atoms with Gasteiger partial charge in [-0.2, -0.15) is 0 Å². The topological polar surface area (TPSA) is 29.2 Å². The monoisotopic (exact) mass is 331 g/mol. The maximum atomic E-state index is 13.2. The van der Waals surface area contributed by atoms with Crippen LogP contribution in [0.1, 0.15) is 44.2 Å². The summed E-state index contributed by atoms with van der Waals surface area (Å²) in [6.07, 6.45) is 1.03. The van der Waals surface area contributed by atoms with Crippen LogP contribution < -0.4 is 14.7 Å². The molecule has 2 aliphatic rings. The molecule has 1 aromatic carbocycles. The lowest BCUT2D eigenvalue weighted by Gasteiger charge is -2.46. The summed E-state index contributed by atoms with van der Waals surface area (Å²) < 4.78 is 0. The number of rotatable bonds is 2. The zero-order valence-corrected chi connectivity index (χ0v) is 15.9. The smallest absolute Gasteiger partial charge is 0.282 e. The van der Waals surface area contributed by atoms with Gasteiger partial charge in [-0.25, -0.2) is 0 Å². The minimum Gasteiger partial charge on any atom is -0.328 e. The number of quaternary nitrogens is 2. The number of hydrogen-bond acceptors (Lipinski definition) is 1. The number of anilines is 1. The number of likely N-dealkylation sites (N-methyl/N-ethyl adjacent to an activating group) is 1. The lowest BCUT2D eigenvalue weighted by molar-refractivity contribution is -1.000. The molecule has 1 amide bonds. The molecule has 0 bridgehead atoms. The predicted molar refractivity (Wildman–Crippen MR) is 98.0 cm³/mol. The molecule has 4 nitrogen and oxygen atoms in total. The van der Waals surface area contributed by atoms with E-state index in [9.17, 15) is 4.79 Å². The molecule has 0 spiro atoms. The molecule has 0 aliphatic carbocycles. The number of fused-ring (bicyclic) bond motifs is 1. The van der Waals surface area contributed by atoms with Crippen molar-refractivity contribution in [3.63, 3.8) is 0 Å². The van der Waals surface area contributed by atoms with Crippen LogP contribution in [0.15, 0.2) is 18.2 Å². The molecule has 0 saturated carbocycles.